The number of hydrogen-bond donors (Lipinski definition) is 2. The van der Waals surface area contributed by atoms with E-state index in [-0.39, 0.29) is 11.9 Å². The van der Waals surface area contributed by atoms with Crippen LogP contribution in [0.2, 0.25) is 0 Å². The van der Waals surface area contributed by atoms with Crippen LogP contribution in [0, 0.1) is 11.3 Å². The SMILES string of the molecule is CC(C)(NC1CC(C#N)(c2ccccc2)C1)C(N)=O. The van der Waals surface area contributed by atoms with E-state index < -0.39 is 11.0 Å². The molecule has 1 aromatic rings. The Labute approximate surface area is 113 Å². The summed E-state index contributed by atoms with van der Waals surface area (Å²) in [5.41, 5.74) is 5.23. The molecule has 0 atom stereocenters. The maximum absolute atomic E-state index is 11.3. The molecule has 0 bridgehead atoms. The summed E-state index contributed by atoms with van der Waals surface area (Å²) in [5, 5.41) is 12.7. The first-order valence-corrected chi connectivity index (χ1v) is 6.44. The molecule has 0 heterocycles. The predicted molar refractivity (Wildman–Crippen MR) is 73.2 cm³/mol. The van der Waals surface area contributed by atoms with Crippen molar-refractivity contribution in [1.29, 1.82) is 5.26 Å². The lowest BCUT2D eigenvalue weighted by Crippen LogP contribution is -2.61. The van der Waals surface area contributed by atoms with Crippen molar-refractivity contribution in [2.75, 3.05) is 0 Å². The number of primary amides is 1. The minimum atomic E-state index is -0.733. The van der Waals surface area contributed by atoms with Crippen molar-refractivity contribution in [3.8, 4) is 6.07 Å². The van der Waals surface area contributed by atoms with Gasteiger partial charge in [-0.25, -0.2) is 0 Å². The summed E-state index contributed by atoms with van der Waals surface area (Å²) < 4.78 is 0. The van der Waals surface area contributed by atoms with Crippen molar-refractivity contribution in [3.05, 3.63) is 35.9 Å². The summed E-state index contributed by atoms with van der Waals surface area (Å²) in [4.78, 5) is 11.3. The van der Waals surface area contributed by atoms with Crippen LogP contribution in [-0.2, 0) is 10.2 Å². The molecule has 4 heteroatoms. The molecule has 1 fully saturated rings. The van der Waals surface area contributed by atoms with Crippen molar-refractivity contribution >= 4 is 5.91 Å². The Bertz CT molecular complexity index is 510. The largest absolute Gasteiger partial charge is 0.368 e. The topological polar surface area (TPSA) is 78.9 Å². The molecule has 2 rings (SSSR count). The molecule has 1 aromatic carbocycles. The highest BCUT2D eigenvalue weighted by molar-refractivity contribution is 5.83. The molecule has 19 heavy (non-hydrogen) atoms. The second-order valence-corrected chi connectivity index (χ2v) is 5.80. The summed E-state index contributed by atoms with van der Waals surface area (Å²) in [6.45, 7) is 3.54. The van der Waals surface area contributed by atoms with Crippen LogP contribution in [0.1, 0.15) is 32.3 Å². The maximum atomic E-state index is 11.3. The fourth-order valence-electron chi connectivity index (χ4n) is 2.61. The number of nitriles is 1. The molecule has 0 aromatic heterocycles. The molecule has 100 valence electrons. The lowest BCUT2D eigenvalue weighted by Gasteiger charge is -2.46. The molecule has 1 aliphatic rings. The molecule has 3 N–H and O–H groups in total. The van der Waals surface area contributed by atoms with Crippen molar-refractivity contribution in [2.24, 2.45) is 5.73 Å². The lowest BCUT2D eigenvalue weighted by atomic mass is 9.62. The first kappa shape index (κ1) is 13.6. The Morgan fingerprint density at radius 1 is 1.42 bits per heavy atom. The second-order valence-electron chi connectivity index (χ2n) is 5.80. The standard InChI is InChI=1S/C15H19N3O/c1-14(2,13(17)19)18-12-8-15(9-12,10-16)11-6-4-3-5-7-11/h3-7,12,18H,8-9H2,1-2H3,(H2,17,19). The normalized spacial score (nSPS) is 26.3. The van der Waals surface area contributed by atoms with Gasteiger partial charge in [-0.2, -0.15) is 5.26 Å². The third-order valence-electron chi connectivity index (χ3n) is 3.91. The summed E-state index contributed by atoms with van der Waals surface area (Å²) in [6.07, 6.45) is 1.43. The highest BCUT2D eigenvalue weighted by Crippen LogP contribution is 2.43. The van der Waals surface area contributed by atoms with Crippen LogP contribution in [0.3, 0.4) is 0 Å². The third-order valence-corrected chi connectivity index (χ3v) is 3.91. The summed E-state index contributed by atoms with van der Waals surface area (Å²) in [7, 11) is 0. The van der Waals surface area contributed by atoms with Gasteiger partial charge in [0.2, 0.25) is 5.91 Å². The van der Waals surface area contributed by atoms with E-state index >= 15 is 0 Å². The number of nitrogens with one attached hydrogen (secondary N) is 1. The Kier molecular flexibility index (Phi) is 3.34. The van der Waals surface area contributed by atoms with Gasteiger partial charge in [0, 0.05) is 6.04 Å². The van der Waals surface area contributed by atoms with Crippen molar-refractivity contribution in [1.82, 2.24) is 5.32 Å². The average Bonchev–Trinajstić information content (AvgIpc) is 2.34. The molecular weight excluding hydrogens is 238 g/mol. The fourth-order valence-corrected chi connectivity index (χ4v) is 2.61. The van der Waals surface area contributed by atoms with Gasteiger partial charge < -0.3 is 11.1 Å². The van der Waals surface area contributed by atoms with E-state index in [4.69, 9.17) is 5.73 Å². The first-order valence-electron chi connectivity index (χ1n) is 6.44. The van der Waals surface area contributed by atoms with Gasteiger partial charge >= 0.3 is 0 Å². The molecule has 1 saturated carbocycles. The number of carbonyl (C=O) groups excluding carboxylic acids is 1. The van der Waals surface area contributed by atoms with Gasteiger partial charge in [-0.3, -0.25) is 4.79 Å². The van der Waals surface area contributed by atoms with Gasteiger partial charge in [-0.05, 0) is 32.3 Å². The molecular formula is C15H19N3O. The van der Waals surface area contributed by atoms with E-state index in [1.165, 1.54) is 0 Å². The average molecular weight is 257 g/mol. The zero-order chi connectivity index (χ0) is 14.1. The molecule has 1 aliphatic carbocycles. The second kappa shape index (κ2) is 4.67. The maximum Gasteiger partial charge on any atom is 0.237 e. The monoisotopic (exact) mass is 257 g/mol. The van der Waals surface area contributed by atoms with Crippen LogP contribution in [0.5, 0.6) is 0 Å². The van der Waals surface area contributed by atoms with E-state index in [9.17, 15) is 10.1 Å². The molecule has 0 aliphatic heterocycles. The van der Waals surface area contributed by atoms with E-state index in [0.29, 0.717) is 12.8 Å². The van der Waals surface area contributed by atoms with Gasteiger partial charge in [-0.15, -0.1) is 0 Å². The van der Waals surface area contributed by atoms with E-state index in [0.717, 1.165) is 5.56 Å². The molecule has 0 radical (unpaired) electrons. The molecule has 0 saturated heterocycles. The Balaban J connectivity index is 2.05. The van der Waals surface area contributed by atoms with Crippen LogP contribution in [0.25, 0.3) is 0 Å². The van der Waals surface area contributed by atoms with E-state index in [2.05, 4.69) is 11.4 Å². The zero-order valence-electron chi connectivity index (χ0n) is 11.3. The van der Waals surface area contributed by atoms with Gasteiger partial charge in [0.25, 0.3) is 0 Å². The van der Waals surface area contributed by atoms with Gasteiger partial charge in [0.15, 0.2) is 0 Å². The Morgan fingerprint density at radius 3 is 2.47 bits per heavy atom. The fraction of sp³-hybridized carbons (Fsp3) is 0.467. The van der Waals surface area contributed by atoms with Crippen LogP contribution >= 0.6 is 0 Å². The predicted octanol–water partition coefficient (Wildman–Crippen LogP) is 1.46. The van der Waals surface area contributed by atoms with Gasteiger partial charge in [0.05, 0.1) is 17.0 Å². The van der Waals surface area contributed by atoms with Gasteiger partial charge in [0.1, 0.15) is 0 Å². The van der Waals surface area contributed by atoms with Crippen molar-refractivity contribution in [3.63, 3.8) is 0 Å². The molecule has 0 unspecified atom stereocenters. The molecule has 4 nitrogen and oxygen atoms in total. The van der Waals surface area contributed by atoms with Crippen LogP contribution < -0.4 is 11.1 Å². The number of nitrogens with zero attached hydrogens (tertiary/aromatic N) is 1. The van der Waals surface area contributed by atoms with Gasteiger partial charge in [-0.1, -0.05) is 30.3 Å². The third kappa shape index (κ3) is 2.47. The Morgan fingerprint density at radius 2 is 2.00 bits per heavy atom. The van der Waals surface area contributed by atoms with E-state index in [1.54, 1.807) is 13.8 Å². The summed E-state index contributed by atoms with van der Waals surface area (Å²) in [6, 6.07) is 12.4. The zero-order valence-corrected chi connectivity index (χ0v) is 11.3. The number of rotatable bonds is 4. The number of carbonyl (C=O) groups is 1. The highest BCUT2D eigenvalue weighted by atomic mass is 16.1. The highest BCUT2D eigenvalue weighted by Gasteiger charge is 2.47. The van der Waals surface area contributed by atoms with Crippen LogP contribution in [-0.4, -0.2) is 17.5 Å². The minimum Gasteiger partial charge on any atom is -0.368 e. The smallest absolute Gasteiger partial charge is 0.237 e. The lowest BCUT2D eigenvalue weighted by molar-refractivity contribution is -0.123. The molecule has 1 amide bonds. The first-order chi connectivity index (χ1) is 8.89. The number of benzene rings is 1. The quantitative estimate of drug-likeness (QED) is 0.857. The van der Waals surface area contributed by atoms with E-state index in [1.807, 2.05) is 30.3 Å². The Hall–Kier alpha value is -1.86. The summed E-state index contributed by atoms with van der Waals surface area (Å²) >= 11 is 0. The summed E-state index contributed by atoms with van der Waals surface area (Å²) in [5.74, 6) is -0.373. The number of amides is 1. The van der Waals surface area contributed by atoms with Crippen LogP contribution in [0.15, 0.2) is 30.3 Å². The molecule has 0 spiro atoms. The number of hydrogen-bond acceptors (Lipinski definition) is 3. The van der Waals surface area contributed by atoms with Crippen LogP contribution in [0.4, 0.5) is 0 Å². The number of nitrogens with two attached hydrogens (primary N) is 1. The van der Waals surface area contributed by atoms with Crippen molar-refractivity contribution < 1.29 is 4.79 Å². The van der Waals surface area contributed by atoms with Crippen molar-refractivity contribution in [2.45, 2.75) is 43.7 Å². The minimum absolute atomic E-state index is 0.155.